The van der Waals surface area contributed by atoms with Crippen molar-refractivity contribution in [2.75, 3.05) is 18.6 Å². The number of hydrogen-bond donors (Lipinski definition) is 1. The first-order valence-corrected chi connectivity index (χ1v) is 13.2. The highest BCUT2D eigenvalue weighted by Gasteiger charge is 2.33. The summed E-state index contributed by atoms with van der Waals surface area (Å²) in [6.45, 7) is 3.93. The van der Waals surface area contributed by atoms with E-state index >= 15 is 0 Å². The zero-order chi connectivity index (χ0) is 30.3. The van der Waals surface area contributed by atoms with E-state index in [9.17, 15) is 26.7 Å². The Balaban J connectivity index is 1.42. The fourth-order valence-electron chi connectivity index (χ4n) is 4.76. The Hall–Kier alpha value is -4.19. The third-order valence-corrected chi connectivity index (χ3v) is 7.68. The lowest BCUT2D eigenvalue weighted by Crippen LogP contribution is -2.39. The van der Waals surface area contributed by atoms with Crippen LogP contribution in [0.15, 0.2) is 75.7 Å². The van der Waals surface area contributed by atoms with E-state index in [2.05, 4.69) is 15.5 Å². The summed E-state index contributed by atoms with van der Waals surface area (Å²) in [7, 11) is 1.38. The molecule has 0 saturated carbocycles. The van der Waals surface area contributed by atoms with Gasteiger partial charge in [0.05, 0.1) is 23.6 Å². The van der Waals surface area contributed by atoms with E-state index in [4.69, 9.17) is 20.9 Å². The summed E-state index contributed by atoms with van der Waals surface area (Å²) >= 11 is 6.52. The number of hydrogen-bond acceptors (Lipinski definition) is 5. The van der Waals surface area contributed by atoms with Crippen LogP contribution in [0.2, 0.25) is 0 Å². The second-order valence-electron chi connectivity index (χ2n) is 9.90. The highest BCUT2D eigenvalue weighted by atomic mass is 35.5. The molecule has 1 N–H and O–H groups in total. The van der Waals surface area contributed by atoms with E-state index in [0.29, 0.717) is 23.9 Å². The number of methoxy groups -OCH3 is 1. The summed E-state index contributed by atoms with van der Waals surface area (Å²) in [6.07, 6.45) is -1.31. The van der Waals surface area contributed by atoms with Crippen LogP contribution in [0.1, 0.15) is 25.8 Å². The molecule has 2 aromatic carbocycles. The van der Waals surface area contributed by atoms with Gasteiger partial charge >= 0.3 is 12.2 Å². The van der Waals surface area contributed by atoms with Gasteiger partial charge in [0.25, 0.3) is 5.89 Å². The minimum atomic E-state index is -4.76. The molecule has 2 heterocycles. The van der Waals surface area contributed by atoms with Gasteiger partial charge in [-0.3, -0.25) is 4.90 Å². The Labute approximate surface area is 242 Å². The van der Waals surface area contributed by atoms with E-state index in [1.54, 1.807) is 31.2 Å². The second-order valence-corrected chi connectivity index (χ2v) is 10.4. The zero-order valence-corrected chi connectivity index (χ0v) is 23.3. The van der Waals surface area contributed by atoms with Gasteiger partial charge in [0.1, 0.15) is 17.4 Å². The van der Waals surface area contributed by atoms with Crippen molar-refractivity contribution in [1.82, 2.24) is 15.5 Å². The van der Waals surface area contributed by atoms with Crippen molar-refractivity contribution in [3.05, 3.63) is 82.6 Å². The lowest BCUT2D eigenvalue weighted by atomic mass is 9.90. The summed E-state index contributed by atoms with van der Waals surface area (Å²) in [6, 6.07) is 6.15. The molecule has 1 aromatic heterocycles. The quantitative estimate of drug-likeness (QED) is 0.237. The molecule has 42 heavy (non-hydrogen) atoms. The minimum Gasteiger partial charge on any atom is -0.496 e. The van der Waals surface area contributed by atoms with Crippen LogP contribution in [-0.4, -0.2) is 35.2 Å². The van der Waals surface area contributed by atoms with Crippen molar-refractivity contribution in [1.29, 1.82) is 0 Å². The molecule has 1 aliphatic carbocycles. The summed E-state index contributed by atoms with van der Waals surface area (Å²) in [5, 5.41) is 5.87. The van der Waals surface area contributed by atoms with Gasteiger partial charge in [-0.2, -0.15) is 18.2 Å². The fraction of sp³-hybridized carbons (Fsp3) is 0.276. The molecule has 5 rings (SSSR count). The van der Waals surface area contributed by atoms with Crippen molar-refractivity contribution >= 4 is 23.3 Å². The van der Waals surface area contributed by atoms with Gasteiger partial charge in [-0.1, -0.05) is 18.2 Å². The number of carbonyl (C=O) groups excluding carboxylic acids is 1. The number of aromatic nitrogens is 2. The molecule has 220 valence electrons. The number of allylic oxidation sites excluding steroid dienone is 4. The summed E-state index contributed by atoms with van der Waals surface area (Å²) in [4.78, 5) is 18.9. The number of alkyl halides is 4. The number of anilines is 1. The van der Waals surface area contributed by atoms with Crippen LogP contribution in [0.4, 0.5) is 32.4 Å². The Morgan fingerprint density at radius 3 is 2.64 bits per heavy atom. The van der Waals surface area contributed by atoms with Crippen LogP contribution in [0.25, 0.3) is 22.8 Å². The third-order valence-electron chi connectivity index (χ3n) is 7.06. The van der Waals surface area contributed by atoms with Gasteiger partial charge in [0, 0.05) is 35.1 Å². The largest absolute Gasteiger partial charge is 0.496 e. The molecule has 0 fully saturated rings. The smallest absolute Gasteiger partial charge is 0.416 e. The van der Waals surface area contributed by atoms with Crippen molar-refractivity contribution in [3.8, 4) is 28.6 Å². The molecule has 1 aliphatic heterocycles. The SMILES string of the molecule is COc1cc(N2CCC(C)=C(C3=C(F)C=CC(C)C3Cl)NC2=O)ccc1-c1nc(-c2cc(F)cc(C(F)(F)F)c2)no1. The van der Waals surface area contributed by atoms with Crippen LogP contribution < -0.4 is 15.0 Å². The lowest BCUT2D eigenvalue weighted by Gasteiger charge is -2.26. The Morgan fingerprint density at radius 1 is 1.17 bits per heavy atom. The number of nitrogens with zero attached hydrogens (tertiary/aromatic N) is 3. The van der Waals surface area contributed by atoms with E-state index in [0.717, 1.165) is 17.7 Å². The van der Waals surface area contributed by atoms with Gasteiger partial charge in [0.2, 0.25) is 5.82 Å². The van der Waals surface area contributed by atoms with Crippen LogP contribution in [0, 0.1) is 11.7 Å². The van der Waals surface area contributed by atoms with Gasteiger partial charge < -0.3 is 14.6 Å². The highest BCUT2D eigenvalue weighted by molar-refractivity contribution is 6.23. The first kappa shape index (κ1) is 29.3. The number of urea groups is 1. The number of carbonyl (C=O) groups is 1. The standard InChI is InChI=1S/C29H24ClF5N4O3/c1-14-4-7-21(32)23(24(14)30)25-15(2)8-9-39(28(40)36-25)19-5-6-20(22(13-19)41-3)27-37-26(38-42-27)16-10-17(29(33,34)35)12-18(31)11-16/h4-7,10-14,24H,8-9H2,1-3H3,(H,36,40). The summed E-state index contributed by atoms with van der Waals surface area (Å²) in [5.41, 5.74) is 0.667. The molecule has 13 heteroatoms. The van der Waals surface area contributed by atoms with E-state index in [1.807, 2.05) is 6.92 Å². The average molecular weight is 607 g/mol. The molecule has 2 amide bonds. The molecular weight excluding hydrogens is 583 g/mol. The number of amides is 2. The monoisotopic (exact) mass is 606 g/mol. The van der Waals surface area contributed by atoms with Crippen molar-refractivity contribution < 1.29 is 36.0 Å². The predicted molar refractivity (Wildman–Crippen MR) is 146 cm³/mol. The molecule has 7 nitrogen and oxygen atoms in total. The first-order chi connectivity index (χ1) is 19.9. The molecular formula is C29H24ClF5N4O3. The molecule has 3 aromatic rings. The van der Waals surface area contributed by atoms with Gasteiger partial charge in [0.15, 0.2) is 0 Å². The van der Waals surface area contributed by atoms with Crippen molar-refractivity contribution in [2.45, 2.75) is 31.8 Å². The highest BCUT2D eigenvalue weighted by Crippen LogP contribution is 2.38. The van der Waals surface area contributed by atoms with Crippen LogP contribution in [0.5, 0.6) is 5.75 Å². The number of ether oxygens (including phenoxy) is 1. The van der Waals surface area contributed by atoms with Crippen LogP contribution >= 0.6 is 11.6 Å². The maximum atomic E-state index is 14.8. The van der Waals surface area contributed by atoms with Crippen molar-refractivity contribution in [2.24, 2.45) is 5.92 Å². The van der Waals surface area contributed by atoms with Crippen LogP contribution in [0.3, 0.4) is 0 Å². The molecule has 2 atom stereocenters. The lowest BCUT2D eigenvalue weighted by molar-refractivity contribution is -0.137. The third kappa shape index (κ3) is 5.63. The van der Waals surface area contributed by atoms with Gasteiger partial charge in [-0.25, -0.2) is 13.6 Å². The molecule has 2 aliphatic rings. The predicted octanol–water partition coefficient (Wildman–Crippen LogP) is 7.80. The normalized spacial score (nSPS) is 19.7. The molecule has 0 spiro atoms. The number of nitrogens with one attached hydrogen (secondary N) is 1. The molecule has 0 saturated heterocycles. The maximum Gasteiger partial charge on any atom is 0.416 e. The number of halogens is 6. The zero-order valence-electron chi connectivity index (χ0n) is 22.5. The summed E-state index contributed by atoms with van der Waals surface area (Å²) < 4.78 is 78.9. The fourth-order valence-corrected chi connectivity index (χ4v) is 5.06. The van der Waals surface area contributed by atoms with E-state index < -0.39 is 34.8 Å². The first-order valence-electron chi connectivity index (χ1n) is 12.8. The van der Waals surface area contributed by atoms with E-state index in [1.165, 1.54) is 18.1 Å². The average Bonchev–Trinajstić information content (AvgIpc) is 3.38. The Bertz CT molecular complexity index is 1650. The van der Waals surface area contributed by atoms with E-state index in [-0.39, 0.29) is 46.6 Å². The number of rotatable bonds is 5. The maximum absolute atomic E-state index is 14.8. The number of benzene rings is 2. The summed E-state index contributed by atoms with van der Waals surface area (Å²) in [5.74, 6) is -1.87. The van der Waals surface area contributed by atoms with Crippen molar-refractivity contribution in [3.63, 3.8) is 0 Å². The molecule has 0 bridgehead atoms. The van der Waals surface area contributed by atoms with Gasteiger partial charge in [-0.15, -0.1) is 11.6 Å². The Morgan fingerprint density at radius 2 is 1.93 bits per heavy atom. The minimum absolute atomic E-state index is 0.0959. The second kappa shape index (κ2) is 11.2. The van der Waals surface area contributed by atoms with Crippen LogP contribution in [-0.2, 0) is 6.18 Å². The Kier molecular flexibility index (Phi) is 7.84. The van der Waals surface area contributed by atoms with Gasteiger partial charge in [-0.05, 0) is 61.2 Å². The topological polar surface area (TPSA) is 80.5 Å². The molecule has 2 unspecified atom stereocenters. The molecule has 0 radical (unpaired) electrons.